The van der Waals surface area contributed by atoms with Crippen LogP contribution in [0, 0.1) is 6.92 Å². The number of hydrogen-bond acceptors (Lipinski definition) is 4. The Morgan fingerprint density at radius 3 is 2.54 bits per heavy atom. The molecule has 2 heterocycles. The lowest BCUT2D eigenvalue weighted by atomic mass is 9.90. The van der Waals surface area contributed by atoms with E-state index < -0.39 is 17.4 Å². The fourth-order valence-electron chi connectivity index (χ4n) is 2.80. The summed E-state index contributed by atoms with van der Waals surface area (Å²) in [7, 11) is 0. The second-order valence-corrected chi connectivity index (χ2v) is 5.88. The third-order valence-electron chi connectivity index (χ3n) is 4.26. The fraction of sp³-hybridized carbons (Fsp3) is 0.353. The number of nitrogens with zero attached hydrogens (tertiary/aromatic N) is 1. The van der Waals surface area contributed by atoms with E-state index in [1.54, 1.807) is 6.92 Å². The lowest BCUT2D eigenvalue weighted by Gasteiger charge is -2.33. The van der Waals surface area contributed by atoms with Crippen molar-refractivity contribution in [2.75, 3.05) is 13.2 Å². The maximum atomic E-state index is 12.6. The Hall–Kier alpha value is -2.67. The molecule has 1 aromatic heterocycles. The van der Waals surface area contributed by atoms with Crippen LogP contribution in [0.25, 0.3) is 11.4 Å². The van der Waals surface area contributed by atoms with E-state index >= 15 is 0 Å². The van der Waals surface area contributed by atoms with Gasteiger partial charge in [-0.15, -0.1) is 0 Å². The van der Waals surface area contributed by atoms with Crippen molar-refractivity contribution in [2.24, 2.45) is 0 Å². The molecule has 3 rings (SSSR count). The first-order valence-electron chi connectivity index (χ1n) is 7.77. The van der Waals surface area contributed by atoms with Gasteiger partial charge in [0.1, 0.15) is 17.1 Å². The third-order valence-corrected chi connectivity index (χ3v) is 4.26. The molecule has 2 aromatic rings. The van der Waals surface area contributed by atoms with Crippen molar-refractivity contribution in [1.29, 1.82) is 0 Å². The molecule has 126 valence electrons. The van der Waals surface area contributed by atoms with Crippen LogP contribution in [0.4, 0.5) is 0 Å². The number of nitrogens with one attached hydrogen (secondary N) is 2. The number of imidazole rings is 1. The lowest BCUT2D eigenvalue weighted by Crippen LogP contribution is -2.57. The van der Waals surface area contributed by atoms with E-state index in [0.717, 1.165) is 5.56 Å². The Morgan fingerprint density at radius 1 is 1.25 bits per heavy atom. The van der Waals surface area contributed by atoms with Crippen LogP contribution in [0.15, 0.2) is 30.3 Å². The standard InChI is InChI=1S/C17H19N3O4/c1-11-13(19-14(18-11)12-5-3-2-4-6-12)15(21)20-17(16(22)23)7-9-24-10-8-17/h2-6H,7-10H2,1H3,(H,18,19)(H,20,21)(H,22,23). The van der Waals surface area contributed by atoms with Gasteiger partial charge in [-0.1, -0.05) is 30.3 Å². The number of hydrogen-bond donors (Lipinski definition) is 3. The second-order valence-electron chi connectivity index (χ2n) is 5.88. The van der Waals surface area contributed by atoms with Gasteiger partial charge in [0.05, 0.1) is 0 Å². The van der Waals surface area contributed by atoms with Gasteiger partial charge in [-0.3, -0.25) is 4.79 Å². The van der Waals surface area contributed by atoms with Gasteiger partial charge < -0.3 is 20.1 Å². The van der Waals surface area contributed by atoms with Crippen molar-refractivity contribution in [1.82, 2.24) is 15.3 Å². The van der Waals surface area contributed by atoms with Gasteiger partial charge >= 0.3 is 5.97 Å². The summed E-state index contributed by atoms with van der Waals surface area (Å²) in [5, 5.41) is 12.2. The molecule has 0 radical (unpaired) electrons. The average molecular weight is 329 g/mol. The summed E-state index contributed by atoms with van der Waals surface area (Å²) in [6.07, 6.45) is 0.478. The lowest BCUT2D eigenvalue weighted by molar-refractivity contribution is -0.148. The maximum absolute atomic E-state index is 12.6. The molecule has 0 spiro atoms. The molecule has 1 fully saturated rings. The number of carbonyl (C=O) groups is 2. The quantitative estimate of drug-likeness (QED) is 0.793. The average Bonchev–Trinajstić information content (AvgIpc) is 2.98. The summed E-state index contributed by atoms with van der Waals surface area (Å²) in [6, 6.07) is 9.44. The third kappa shape index (κ3) is 3.03. The Balaban J connectivity index is 1.85. The molecule has 24 heavy (non-hydrogen) atoms. The topological polar surface area (TPSA) is 104 Å². The molecule has 3 N–H and O–H groups in total. The van der Waals surface area contributed by atoms with Crippen molar-refractivity contribution >= 4 is 11.9 Å². The SMILES string of the molecule is Cc1[nH]c(-c2ccccc2)nc1C(=O)NC1(C(=O)O)CCOCC1. The number of carbonyl (C=O) groups excluding carboxylic acids is 1. The number of benzene rings is 1. The first kappa shape index (κ1) is 16.2. The molecule has 0 bridgehead atoms. The van der Waals surface area contributed by atoms with Crippen molar-refractivity contribution in [3.8, 4) is 11.4 Å². The molecular formula is C17H19N3O4. The number of aromatic nitrogens is 2. The number of H-pyrrole nitrogens is 1. The van der Waals surface area contributed by atoms with E-state index in [1.165, 1.54) is 0 Å². The first-order chi connectivity index (χ1) is 11.5. The van der Waals surface area contributed by atoms with Crippen LogP contribution in [0.1, 0.15) is 29.0 Å². The van der Waals surface area contributed by atoms with Crippen molar-refractivity contribution < 1.29 is 19.4 Å². The van der Waals surface area contributed by atoms with Crippen LogP contribution >= 0.6 is 0 Å². The molecule has 0 unspecified atom stereocenters. The normalized spacial score (nSPS) is 16.5. The van der Waals surface area contributed by atoms with Crippen molar-refractivity contribution in [2.45, 2.75) is 25.3 Å². The highest BCUT2D eigenvalue weighted by molar-refractivity contribution is 5.97. The molecular weight excluding hydrogens is 310 g/mol. The zero-order chi connectivity index (χ0) is 17.2. The molecule has 1 aliphatic rings. The smallest absolute Gasteiger partial charge is 0.329 e. The van der Waals surface area contributed by atoms with E-state index in [4.69, 9.17) is 4.74 Å². The number of aliphatic carboxylic acids is 1. The van der Waals surface area contributed by atoms with Crippen LogP contribution in [-0.2, 0) is 9.53 Å². The predicted molar refractivity (Wildman–Crippen MR) is 86.6 cm³/mol. The van der Waals surface area contributed by atoms with Crippen LogP contribution in [0.3, 0.4) is 0 Å². The van der Waals surface area contributed by atoms with Gasteiger partial charge in [-0.25, -0.2) is 9.78 Å². The summed E-state index contributed by atoms with van der Waals surface area (Å²) < 4.78 is 5.21. The van der Waals surface area contributed by atoms with E-state index in [9.17, 15) is 14.7 Å². The zero-order valence-corrected chi connectivity index (χ0v) is 13.3. The Kier molecular flexibility index (Phi) is 4.35. The number of aryl methyl sites for hydroxylation is 1. The summed E-state index contributed by atoms with van der Waals surface area (Å²) in [6.45, 7) is 2.36. The largest absolute Gasteiger partial charge is 0.480 e. The highest BCUT2D eigenvalue weighted by atomic mass is 16.5. The molecule has 7 nitrogen and oxygen atoms in total. The Labute approximate surface area is 139 Å². The zero-order valence-electron chi connectivity index (χ0n) is 13.3. The minimum absolute atomic E-state index is 0.209. The minimum Gasteiger partial charge on any atom is -0.480 e. The Bertz CT molecular complexity index is 748. The van der Waals surface area contributed by atoms with Crippen LogP contribution in [0.2, 0.25) is 0 Å². The highest BCUT2D eigenvalue weighted by Crippen LogP contribution is 2.23. The van der Waals surface area contributed by atoms with Gasteiger partial charge in [0, 0.05) is 37.3 Å². The van der Waals surface area contributed by atoms with E-state index in [0.29, 0.717) is 24.7 Å². The van der Waals surface area contributed by atoms with Gasteiger partial charge in [-0.05, 0) is 6.92 Å². The van der Waals surface area contributed by atoms with Crippen LogP contribution < -0.4 is 5.32 Å². The van der Waals surface area contributed by atoms with Crippen molar-refractivity contribution in [3.05, 3.63) is 41.7 Å². The summed E-state index contributed by atoms with van der Waals surface area (Å²) >= 11 is 0. The predicted octanol–water partition coefficient (Wildman–Crippen LogP) is 1.75. The number of amides is 1. The van der Waals surface area contributed by atoms with E-state index in [-0.39, 0.29) is 18.5 Å². The summed E-state index contributed by atoms with van der Waals surface area (Å²) in [4.78, 5) is 31.7. The number of ether oxygens (including phenoxy) is 1. The maximum Gasteiger partial charge on any atom is 0.329 e. The van der Waals surface area contributed by atoms with Crippen LogP contribution in [0.5, 0.6) is 0 Å². The molecule has 1 aromatic carbocycles. The molecule has 7 heteroatoms. The number of rotatable bonds is 4. The second kappa shape index (κ2) is 6.45. The monoisotopic (exact) mass is 329 g/mol. The molecule has 1 saturated heterocycles. The minimum atomic E-state index is -1.30. The van der Waals surface area contributed by atoms with Gasteiger partial charge in [0.15, 0.2) is 0 Å². The molecule has 0 aliphatic carbocycles. The number of carboxylic acid groups (broad SMARTS) is 1. The molecule has 1 aliphatic heterocycles. The summed E-state index contributed by atoms with van der Waals surface area (Å²) in [5.74, 6) is -0.958. The van der Waals surface area contributed by atoms with Crippen LogP contribution in [-0.4, -0.2) is 45.7 Å². The molecule has 0 atom stereocenters. The number of aromatic amines is 1. The molecule has 1 amide bonds. The molecule has 0 saturated carbocycles. The van der Waals surface area contributed by atoms with Gasteiger partial charge in [0.25, 0.3) is 5.91 Å². The van der Waals surface area contributed by atoms with E-state index in [2.05, 4.69) is 15.3 Å². The summed E-state index contributed by atoms with van der Waals surface area (Å²) in [5.41, 5.74) is 0.367. The van der Waals surface area contributed by atoms with E-state index in [1.807, 2.05) is 30.3 Å². The van der Waals surface area contributed by atoms with Gasteiger partial charge in [0.2, 0.25) is 0 Å². The van der Waals surface area contributed by atoms with Crippen molar-refractivity contribution in [3.63, 3.8) is 0 Å². The highest BCUT2D eigenvalue weighted by Gasteiger charge is 2.42. The number of carboxylic acids is 1. The first-order valence-corrected chi connectivity index (χ1v) is 7.77. The van der Waals surface area contributed by atoms with Gasteiger partial charge in [-0.2, -0.15) is 0 Å². The Morgan fingerprint density at radius 2 is 1.92 bits per heavy atom. The fourth-order valence-corrected chi connectivity index (χ4v) is 2.80.